The molecule has 1 fully saturated rings. The average Bonchev–Trinajstić information content (AvgIpc) is 2.73. The van der Waals surface area contributed by atoms with E-state index in [1.807, 2.05) is 0 Å². The molecule has 17 heavy (non-hydrogen) atoms. The van der Waals surface area contributed by atoms with Crippen LogP contribution in [0.5, 0.6) is 5.75 Å². The Kier molecular flexibility index (Phi) is 4.34. The van der Waals surface area contributed by atoms with Crippen molar-refractivity contribution in [3.05, 3.63) is 30.1 Å². The summed E-state index contributed by atoms with van der Waals surface area (Å²) in [4.78, 5) is 2.23. The van der Waals surface area contributed by atoms with E-state index in [4.69, 9.17) is 4.74 Å². The predicted molar refractivity (Wildman–Crippen MR) is 63.6 cm³/mol. The standard InChI is InChI=1S/C13H18FNO2/c14-11-2-4-13(5-3-11)17-9-1-7-15-8-6-12(16)10-15/h2-5,12,16H,1,6-10H2/t12-/m1/s1. The lowest BCUT2D eigenvalue weighted by molar-refractivity contribution is 0.173. The number of rotatable bonds is 5. The number of hydrogen-bond acceptors (Lipinski definition) is 3. The van der Waals surface area contributed by atoms with Gasteiger partial charge >= 0.3 is 0 Å². The molecular formula is C13H18FNO2. The zero-order chi connectivity index (χ0) is 12.1. The summed E-state index contributed by atoms with van der Waals surface area (Å²) in [6.07, 6.45) is 1.64. The second-order valence-corrected chi connectivity index (χ2v) is 4.40. The predicted octanol–water partition coefficient (Wildman–Crippen LogP) is 1.66. The van der Waals surface area contributed by atoms with Gasteiger partial charge in [-0.3, -0.25) is 0 Å². The molecule has 0 saturated carbocycles. The zero-order valence-electron chi connectivity index (χ0n) is 9.81. The smallest absolute Gasteiger partial charge is 0.123 e. The van der Waals surface area contributed by atoms with Crippen LogP contribution in [0.4, 0.5) is 4.39 Å². The number of ether oxygens (including phenoxy) is 1. The van der Waals surface area contributed by atoms with Gasteiger partial charge < -0.3 is 14.7 Å². The lowest BCUT2D eigenvalue weighted by Gasteiger charge is -2.14. The van der Waals surface area contributed by atoms with Gasteiger partial charge in [-0.25, -0.2) is 4.39 Å². The second-order valence-electron chi connectivity index (χ2n) is 4.40. The van der Waals surface area contributed by atoms with Crippen molar-refractivity contribution in [1.29, 1.82) is 0 Å². The summed E-state index contributed by atoms with van der Waals surface area (Å²) in [5.74, 6) is 0.455. The maximum Gasteiger partial charge on any atom is 0.123 e. The van der Waals surface area contributed by atoms with Gasteiger partial charge in [-0.15, -0.1) is 0 Å². The number of likely N-dealkylation sites (tertiary alicyclic amines) is 1. The minimum atomic E-state index is -0.247. The molecule has 3 nitrogen and oxygen atoms in total. The number of nitrogens with zero attached hydrogens (tertiary/aromatic N) is 1. The minimum absolute atomic E-state index is 0.159. The van der Waals surface area contributed by atoms with Crippen LogP contribution in [0.2, 0.25) is 0 Å². The third kappa shape index (κ3) is 3.98. The van der Waals surface area contributed by atoms with Gasteiger partial charge in [0.25, 0.3) is 0 Å². The van der Waals surface area contributed by atoms with E-state index in [9.17, 15) is 9.50 Å². The molecule has 1 N–H and O–H groups in total. The van der Waals surface area contributed by atoms with Crippen LogP contribution in [0, 0.1) is 5.82 Å². The molecule has 2 rings (SSSR count). The van der Waals surface area contributed by atoms with Gasteiger partial charge in [0.2, 0.25) is 0 Å². The highest BCUT2D eigenvalue weighted by molar-refractivity contribution is 5.21. The van der Waals surface area contributed by atoms with Crippen LogP contribution in [0.3, 0.4) is 0 Å². The SMILES string of the molecule is O[C@@H]1CCN(CCCOc2ccc(F)cc2)C1. The molecule has 0 spiro atoms. The molecule has 0 amide bonds. The number of halogens is 1. The quantitative estimate of drug-likeness (QED) is 0.793. The Balaban J connectivity index is 1.61. The maximum absolute atomic E-state index is 12.6. The Morgan fingerprint density at radius 1 is 1.35 bits per heavy atom. The lowest BCUT2D eigenvalue weighted by atomic mass is 10.3. The van der Waals surface area contributed by atoms with Gasteiger partial charge in [0.1, 0.15) is 11.6 Å². The molecule has 1 atom stereocenters. The van der Waals surface area contributed by atoms with E-state index < -0.39 is 0 Å². The monoisotopic (exact) mass is 239 g/mol. The van der Waals surface area contributed by atoms with Crippen LogP contribution in [-0.2, 0) is 0 Å². The van der Waals surface area contributed by atoms with E-state index in [0.717, 1.165) is 32.5 Å². The van der Waals surface area contributed by atoms with Gasteiger partial charge in [-0.1, -0.05) is 0 Å². The summed E-state index contributed by atoms with van der Waals surface area (Å²) in [7, 11) is 0. The van der Waals surface area contributed by atoms with Crippen LogP contribution in [0.1, 0.15) is 12.8 Å². The number of hydrogen-bond donors (Lipinski definition) is 1. The number of β-amino-alcohol motifs (C(OH)–C–C–N with tert-alkyl or cyclic N) is 1. The number of aliphatic hydroxyl groups excluding tert-OH is 1. The highest BCUT2D eigenvalue weighted by atomic mass is 19.1. The van der Waals surface area contributed by atoms with Crippen molar-refractivity contribution in [2.45, 2.75) is 18.9 Å². The topological polar surface area (TPSA) is 32.7 Å². The van der Waals surface area contributed by atoms with Crippen LogP contribution in [0.25, 0.3) is 0 Å². The fraction of sp³-hybridized carbons (Fsp3) is 0.538. The number of aliphatic hydroxyl groups is 1. The van der Waals surface area contributed by atoms with Crippen molar-refractivity contribution in [3.63, 3.8) is 0 Å². The summed E-state index contributed by atoms with van der Waals surface area (Å²) in [6.45, 7) is 3.31. The normalized spacial score (nSPS) is 20.7. The van der Waals surface area contributed by atoms with Crippen LogP contribution in [-0.4, -0.2) is 42.4 Å². The summed E-state index contributed by atoms with van der Waals surface area (Å²) in [5.41, 5.74) is 0. The molecular weight excluding hydrogens is 221 g/mol. The third-order valence-electron chi connectivity index (χ3n) is 2.95. The minimum Gasteiger partial charge on any atom is -0.494 e. The van der Waals surface area contributed by atoms with Crippen molar-refractivity contribution >= 4 is 0 Å². The molecule has 1 aromatic carbocycles. The molecule has 0 radical (unpaired) electrons. The summed E-state index contributed by atoms with van der Waals surface area (Å²) in [6, 6.07) is 6.06. The summed E-state index contributed by atoms with van der Waals surface area (Å²) in [5, 5.41) is 9.35. The van der Waals surface area contributed by atoms with Crippen molar-refractivity contribution in [2.75, 3.05) is 26.2 Å². The molecule has 4 heteroatoms. The maximum atomic E-state index is 12.6. The van der Waals surface area contributed by atoms with Gasteiger partial charge in [0.05, 0.1) is 12.7 Å². The molecule has 0 unspecified atom stereocenters. The molecule has 1 aliphatic rings. The van der Waals surface area contributed by atoms with Crippen LogP contribution < -0.4 is 4.74 Å². The van der Waals surface area contributed by atoms with E-state index in [-0.39, 0.29) is 11.9 Å². The Morgan fingerprint density at radius 3 is 2.76 bits per heavy atom. The summed E-state index contributed by atoms with van der Waals surface area (Å²) < 4.78 is 18.1. The van der Waals surface area contributed by atoms with Crippen molar-refractivity contribution in [2.24, 2.45) is 0 Å². The zero-order valence-corrected chi connectivity index (χ0v) is 9.81. The average molecular weight is 239 g/mol. The Bertz CT molecular complexity index is 342. The van der Waals surface area contributed by atoms with Crippen molar-refractivity contribution in [1.82, 2.24) is 4.90 Å². The first-order valence-corrected chi connectivity index (χ1v) is 6.03. The molecule has 1 heterocycles. The fourth-order valence-electron chi connectivity index (χ4n) is 2.02. The number of benzene rings is 1. The van der Waals surface area contributed by atoms with E-state index in [1.165, 1.54) is 12.1 Å². The van der Waals surface area contributed by atoms with Crippen molar-refractivity contribution < 1.29 is 14.2 Å². The first kappa shape index (κ1) is 12.3. The van der Waals surface area contributed by atoms with E-state index in [0.29, 0.717) is 12.4 Å². The van der Waals surface area contributed by atoms with Gasteiger partial charge in [0.15, 0.2) is 0 Å². The molecule has 1 aliphatic heterocycles. The lowest BCUT2D eigenvalue weighted by Crippen LogP contribution is -2.24. The summed E-state index contributed by atoms with van der Waals surface area (Å²) >= 11 is 0. The van der Waals surface area contributed by atoms with Crippen molar-refractivity contribution in [3.8, 4) is 5.75 Å². The molecule has 0 bridgehead atoms. The molecule has 0 aromatic heterocycles. The Hall–Kier alpha value is -1.13. The molecule has 1 saturated heterocycles. The third-order valence-corrected chi connectivity index (χ3v) is 2.95. The highest BCUT2D eigenvalue weighted by Crippen LogP contribution is 2.12. The first-order chi connectivity index (χ1) is 8.24. The van der Waals surface area contributed by atoms with Gasteiger partial charge in [-0.05, 0) is 37.1 Å². The molecule has 0 aliphatic carbocycles. The highest BCUT2D eigenvalue weighted by Gasteiger charge is 2.18. The van der Waals surface area contributed by atoms with E-state index in [2.05, 4.69) is 4.90 Å². The van der Waals surface area contributed by atoms with E-state index in [1.54, 1.807) is 12.1 Å². The first-order valence-electron chi connectivity index (χ1n) is 6.03. The van der Waals surface area contributed by atoms with Gasteiger partial charge in [-0.2, -0.15) is 0 Å². The second kappa shape index (κ2) is 5.98. The molecule has 94 valence electrons. The fourth-order valence-corrected chi connectivity index (χ4v) is 2.02. The van der Waals surface area contributed by atoms with E-state index >= 15 is 0 Å². The van der Waals surface area contributed by atoms with Gasteiger partial charge in [0, 0.05) is 19.6 Å². The Morgan fingerprint density at radius 2 is 2.12 bits per heavy atom. The van der Waals surface area contributed by atoms with Crippen LogP contribution >= 0.6 is 0 Å². The molecule has 1 aromatic rings. The Labute approximate surface area is 101 Å². The largest absolute Gasteiger partial charge is 0.494 e. The van der Waals surface area contributed by atoms with Crippen LogP contribution in [0.15, 0.2) is 24.3 Å².